The maximum atomic E-state index is 11.2. The summed E-state index contributed by atoms with van der Waals surface area (Å²) in [5, 5.41) is 8.19. The molecule has 0 saturated heterocycles. The van der Waals surface area contributed by atoms with Crippen molar-refractivity contribution in [3.8, 4) is 11.3 Å². The summed E-state index contributed by atoms with van der Waals surface area (Å²) >= 11 is 6.07. The van der Waals surface area contributed by atoms with Crippen molar-refractivity contribution < 1.29 is 9.53 Å². The van der Waals surface area contributed by atoms with Crippen LogP contribution in [0.1, 0.15) is 0 Å². The molecule has 0 aliphatic rings. The average Bonchev–Trinajstić information content (AvgIpc) is 2.77. The maximum Gasteiger partial charge on any atom is 0.327 e. The van der Waals surface area contributed by atoms with E-state index in [0.717, 1.165) is 5.56 Å². The normalized spacial score (nSPS) is 10.2. The standard InChI is InChI=1S/C11H10ClN3O2/c1-17-11(16)7-15-10(6-13-14-15)8-4-2-3-5-9(8)12/h2-6H,7H2,1H3. The van der Waals surface area contributed by atoms with Crippen molar-refractivity contribution in [1.29, 1.82) is 0 Å². The lowest BCUT2D eigenvalue weighted by molar-refractivity contribution is -0.141. The van der Waals surface area contributed by atoms with Gasteiger partial charge in [-0.3, -0.25) is 4.79 Å². The SMILES string of the molecule is COC(=O)Cn1nncc1-c1ccccc1Cl. The predicted molar refractivity (Wildman–Crippen MR) is 62.5 cm³/mol. The van der Waals surface area contributed by atoms with Gasteiger partial charge in [-0.25, -0.2) is 4.68 Å². The second-order valence-corrected chi connectivity index (χ2v) is 3.74. The van der Waals surface area contributed by atoms with Crippen molar-refractivity contribution in [3.05, 3.63) is 35.5 Å². The van der Waals surface area contributed by atoms with Crippen molar-refractivity contribution in [2.75, 3.05) is 7.11 Å². The van der Waals surface area contributed by atoms with Crippen molar-refractivity contribution in [2.24, 2.45) is 0 Å². The molecule has 5 nitrogen and oxygen atoms in total. The second kappa shape index (κ2) is 4.97. The third kappa shape index (κ3) is 2.45. The quantitative estimate of drug-likeness (QED) is 0.780. The number of esters is 1. The summed E-state index contributed by atoms with van der Waals surface area (Å²) in [5.74, 6) is -0.385. The topological polar surface area (TPSA) is 57.0 Å². The number of rotatable bonds is 3. The molecule has 0 aliphatic heterocycles. The van der Waals surface area contributed by atoms with E-state index in [2.05, 4.69) is 15.0 Å². The summed E-state index contributed by atoms with van der Waals surface area (Å²) < 4.78 is 6.04. The van der Waals surface area contributed by atoms with E-state index in [4.69, 9.17) is 11.6 Å². The van der Waals surface area contributed by atoms with Gasteiger partial charge in [-0.1, -0.05) is 35.0 Å². The molecule has 1 aromatic heterocycles. The molecule has 0 aliphatic carbocycles. The number of carbonyl (C=O) groups excluding carboxylic acids is 1. The third-order valence-corrected chi connectivity index (χ3v) is 2.60. The van der Waals surface area contributed by atoms with Gasteiger partial charge in [0.15, 0.2) is 0 Å². The van der Waals surface area contributed by atoms with Gasteiger partial charge < -0.3 is 4.74 Å². The molecule has 88 valence electrons. The molecule has 2 aromatic rings. The number of ether oxygens (including phenoxy) is 1. The van der Waals surface area contributed by atoms with Gasteiger partial charge in [-0.15, -0.1) is 5.10 Å². The van der Waals surface area contributed by atoms with Crippen LogP contribution in [-0.4, -0.2) is 28.1 Å². The molecule has 0 fully saturated rings. The summed E-state index contributed by atoms with van der Waals surface area (Å²) in [6, 6.07) is 7.30. The average molecular weight is 252 g/mol. The fourth-order valence-corrected chi connectivity index (χ4v) is 1.67. The highest BCUT2D eigenvalue weighted by Crippen LogP contribution is 2.26. The van der Waals surface area contributed by atoms with Gasteiger partial charge in [0.05, 0.1) is 24.0 Å². The fraction of sp³-hybridized carbons (Fsp3) is 0.182. The lowest BCUT2D eigenvalue weighted by Gasteiger charge is -2.06. The van der Waals surface area contributed by atoms with E-state index in [1.807, 2.05) is 18.2 Å². The van der Waals surface area contributed by atoms with Crippen LogP contribution in [0.2, 0.25) is 5.02 Å². The van der Waals surface area contributed by atoms with E-state index >= 15 is 0 Å². The van der Waals surface area contributed by atoms with Crippen LogP contribution >= 0.6 is 11.6 Å². The lowest BCUT2D eigenvalue weighted by atomic mass is 10.2. The van der Waals surface area contributed by atoms with Crippen LogP contribution in [0.3, 0.4) is 0 Å². The van der Waals surface area contributed by atoms with Gasteiger partial charge in [0.2, 0.25) is 0 Å². The Labute approximate surface area is 103 Å². The zero-order valence-electron chi connectivity index (χ0n) is 9.13. The Hall–Kier alpha value is -1.88. The molecule has 0 atom stereocenters. The minimum atomic E-state index is -0.385. The molecular weight excluding hydrogens is 242 g/mol. The first-order chi connectivity index (χ1) is 8.22. The smallest absolute Gasteiger partial charge is 0.327 e. The van der Waals surface area contributed by atoms with Crippen LogP contribution in [-0.2, 0) is 16.1 Å². The first-order valence-electron chi connectivity index (χ1n) is 4.92. The summed E-state index contributed by atoms with van der Waals surface area (Å²) in [4.78, 5) is 11.2. The van der Waals surface area contributed by atoms with Crippen LogP contribution in [0.5, 0.6) is 0 Å². The molecule has 0 N–H and O–H groups in total. The molecule has 0 radical (unpaired) electrons. The Kier molecular flexibility index (Phi) is 3.39. The molecule has 0 unspecified atom stereocenters. The van der Waals surface area contributed by atoms with Gasteiger partial charge in [0.25, 0.3) is 0 Å². The maximum absolute atomic E-state index is 11.2. The summed E-state index contributed by atoms with van der Waals surface area (Å²) in [7, 11) is 1.33. The van der Waals surface area contributed by atoms with Crippen LogP contribution < -0.4 is 0 Å². The predicted octanol–water partition coefficient (Wildman–Crippen LogP) is 1.77. The highest BCUT2D eigenvalue weighted by atomic mass is 35.5. The fourth-order valence-electron chi connectivity index (χ4n) is 1.44. The van der Waals surface area contributed by atoms with Gasteiger partial charge in [-0.05, 0) is 6.07 Å². The van der Waals surface area contributed by atoms with E-state index in [1.54, 1.807) is 12.3 Å². The van der Waals surface area contributed by atoms with Crippen LogP contribution in [0.15, 0.2) is 30.5 Å². The van der Waals surface area contributed by atoms with Crippen LogP contribution in [0.4, 0.5) is 0 Å². The zero-order valence-corrected chi connectivity index (χ0v) is 9.89. The molecule has 1 heterocycles. The van der Waals surface area contributed by atoms with Gasteiger partial charge in [0, 0.05) is 5.56 Å². The Morgan fingerprint density at radius 3 is 2.94 bits per heavy atom. The number of aromatic nitrogens is 3. The van der Waals surface area contributed by atoms with Crippen molar-refractivity contribution >= 4 is 17.6 Å². The molecule has 1 aromatic carbocycles. The van der Waals surface area contributed by atoms with Crippen LogP contribution in [0.25, 0.3) is 11.3 Å². The molecule has 0 bridgehead atoms. The molecular formula is C11H10ClN3O2. The van der Waals surface area contributed by atoms with Crippen molar-refractivity contribution in [1.82, 2.24) is 15.0 Å². The number of halogens is 1. The number of nitrogens with zero attached hydrogens (tertiary/aromatic N) is 3. The van der Waals surface area contributed by atoms with Crippen molar-refractivity contribution in [3.63, 3.8) is 0 Å². The number of methoxy groups -OCH3 is 1. The minimum Gasteiger partial charge on any atom is -0.468 e. The Morgan fingerprint density at radius 2 is 2.24 bits per heavy atom. The zero-order chi connectivity index (χ0) is 12.3. The molecule has 0 amide bonds. The Bertz CT molecular complexity index is 539. The summed E-state index contributed by atoms with van der Waals surface area (Å²) in [5.41, 5.74) is 1.46. The van der Waals surface area contributed by atoms with Crippen LogP contribution in [0, 0.1) is 0 Å². The molecule has 17 heavy (non-hydrogen) atoms. The lowest BCUT2D eigenvalue weighted by Crippen LogP contribution is -2.13. The van der Waals surface area contributed by atoms with E-state index in [-0.39, 0.29) is 12.5 Å². The van der Waals surface area contributed by atoms with Crippen molar-refractivity contribution in [2.45, 2.75) is 6.54 Å². The summed E-state index contributed by atoms with van der Waals surface area (Å²) in [6.45, 7) is 0.0110. The Balaban J connectivity index is 2.37. The highest BCUT2D eigenvalue weighted by Gasteiger charge is 2.12. The minimum absolute atomic E-state index is 0.0110. The number of benzene rings is 1. The Morgan fingerprint density at radius 1 is 1.47 bits per heavy atom. The summed E-state index contributed by atoms with van der Waals surface area (Å²) in [6.07, 6.45) is 1.56. The van der Waals surface area contributed by atoms with Gasteiger partial charge in [0.1, 0.15) is 6.54 Å². The van der Waals surface area contributed by atoms with Gasteiger partial charge >= 0.3 is 5.97 Å². The number of carbonyl (C=O) groups is 1. The monoisotopic (exact) mass is 251 g/mol. The van der Waals surface area contributed by atoms with Gasteiger partial charge in [-0.2, -0.15) is 0 Å². The van der Waals surface area contributed by atoms with E-state index in [1.165, 1.54) is 11.8 Å². The second-order valence-electron chi connectivity index (χ2n) is 3.33. The molecule has 0 spiro atoms. The highest BCUT2D eigenvalue weighted by molar-refractivity contribution is 6.33. The van der Waals surface area contributed by atoms with E-state index in [9.17, 15) is 4.79 Å². The first-order valence-corrected chi connectivity index (χ1v) is 5.30. The van der Waals surface area contributed by atoms with E-state index < -0.39 is 0 Å². The largest absolute Gasteiger partial charge is 0.468 e. The molecule has 0 saturated carbocycles. The first kappa shape index (κ1) is 11.6. The third-order valence-electron chi connectivity index (χ3n) is 2.27. The molecule has 2 rings (SSSR count). The number of hydrogen-bond acceptors (Lipinski definition) is 4. The van der Waals surface area contributed by atoms with E-state index in [0.29, 0.717) is 10.7 Å². The number of hydrogen-bond donors (Lipinski definition) is 0. The molecule has 6 heteroatoms.